The standard InChI is InChI=1S/C22H30N2O2/c1-2-12-26-22-5-3-4-21(15-22)17-23-16-19-6-8-20(9-7-19)18-24-10-13-25-14-11-24/h3-9,15,23H,2,10-14,16-18H2,1H3. The Morgan fingerprint density at radius 1 is 0.962 bits per heavy atom. The molecule has 1 aliphatic rings. The summed E-state index contributed by atoms with van der Waals surface area (Å²) >= 11 is 0. The van der Waals surface area contributed by atoms with Crippen LogP contribution in [0.1, 0.15) is 30.0 Å². The summed E-state index contributed by atoms with van der Waals surface area (Å²) < 4.78 is 11.1. The van der Waals surface area contributed by atoms with Gasteiger partial charge in [0.2, 0.25) is 0 Å². The van der Waals surface area contributed by atoms with Crippen LogP contribution in [-0.4, -0.2) is 37.8 Å². The minimum Gasteiger partial charge on any atom is -0.494 e. The topological polar surface area (TPSA) is 33.7 Å². The van der Waals surface area contributed by atoms with Gasteiger partial charge in [0.25, 0.3) is 0 Å². The highest BCUT2D eigenvalue weighted by molar-refractivity contribution is 5.28. The molecule has 0 unspecified atom stereocenters. The van der Waals surface area contributed by atoms with Gasteiger partial charge in [0.1, 0.15) is 5.75 Å². The summed E-state index contributed by atoms with van der Waals surface area (Å²) in [5.41, 5.74) is 3.94. The number of ether oxygens (including phenoxy) is 2. The van der Waals surface area contributed by atoms with Gasteiger partial charge in [-0.05, 0) is 35.2 Å². The molecule has 1 aliphatic heterocycles. The van der Waals surface area contributed by atoms with Crippen molar-refractivity contribution in [2.45, 2.75) is 33.0 Å². The molecule has 0 atom stereocenters. The largest absolute Gasteiger partial charge is 0.494 e. The Morgan fingerprint density at radius 2 is 1.69 bits per heavy atom. The minimum atomic E-state index is 0.772. The van der Waals surface area contributed by atoms with Gasteiger partial charge < -0.3 is 14.8 Å². The van der Waals surface area contributed by atoms with Gasteiger partial charge in [-0.3, -0.25) is 4.90 Å². The Bertz CT molecular complexity index is 651. The van der Waals surface area contributed by atoms with Crippen LogP contribution in [0.4, 0.5) is 0 Å². The molecular formula is C22H30N2O2. The molecule has 4 nitrogen and oxygen atoms in total. The lowest BCUT2D eigenvalue weighted by Gasteiger charge is -2.26. The minimum absolute atomic E-state index is 0.772. The average Bonchev–Trinajstić information content (AvgIpc) is 2.69. The van der Waals surface area contributed by atoms with Gasteiger partial charge in [-0.1, -0.05) is 43.3 Å². The molecule has 4 heteroatoms. The fourth-order valence-corrected chi connectivity index (χ4v) is 3.10. The van der Waals surface area contributed by atoms with Crippen molar-refractivity contribution in [1.29, 1.82) is 0 Å². The molecule has 2 aromatic rings. The van der Waals surface area contributed by atoms with Crippen LogP contribution < -0.4 is 10.1 Å². The third kappa shape index (κ3) is 6.13. The maximum Gasteiger partial charge on any atom is 0.119 e. The Kier molecular flexibility index (Phi) is 7.50. The maximum absolute atomic E-state index is 5.70. The first-order valence-corrected chi connectivity index (χ1v) is 9.64. The van der Waals surface area contributed by atoms with Crippen LogP contribution in [0, 0.1) is 0 Å². The number of rotatable bonds is 9. The van der Waals surface area contributed by atoms with E-state index in [0.29, 0.717) is 0 Å². The van der Waals surface area contributed by atoms with Crippen molar-refractivity contribution in [3.63, 3.8) is 0 Å². The lowest BCUT2D eigenvalue weighted by Crippen LogP contribution is -2.35. The first-order valence-electron chi connectivity index (χ1n) is 9.64. The lowest BCUT2D eigenvalue weighted by molar-refractivity contribution is 0.0342. The van der Waals surface area contributed by atoms with Crippen molar-refractivity contribution in [2.75, 3.05) is 32.9 Å². The van der Waals surface area contributed by atoms with Gasteiger partial charge in [0.15, 0.2) is 0 Å². The summed E-state index contributed by atoms with van der Waals surface area (Å²) in [4.78, 5) is 2.45. The number of morpholine rings is 1. The second-order valence-corrected chi connectivity index (χ2v) is 6.80. The van der Waals surface area contributed by atoms with Gasteiger partial charge in [-0.25, -0.2) is 0 Å². The Labute approximate surface area is 157 Å². The van der Waals surface area contributed by atoms with Crippen molar-refractivity contribution in [3.05, 3.63) is 65.2 Å². The third-order valence-electron chi connectivity index (χ3n) is 4.56. The van der Waals surface area contributed by atoms with E-state index in [4.69, 9.17) is 9.47 Å². The number of hydrogen-bond donors (Lipinski definition) is 1. The smallest absolute Gasteiger partial charge is 0.119 e. The molecule has 0 aromatic heterocycles. The molecule has 1 N–H and O–H groups in total. The zero-order valence-corrected chi connectivity index (χ0v) is 15.7. The molecule has 0 radical (unpaired) electrons. The van der Waals surface area contributed by atoms with Crippen LogP contribution in [0.5, 0.6) is 5.75 Å². The summed E-state index contributed by atoms with van der Waals surface area (Å²) in [7, 11) is 0. The van der Waals surface area contributed by atoms with E-state index >= 15 is 0 Å². The van der Waals surface area contributed by atoms with Crippen molar-refractivity contribution < 1.29 is 9.47 Å². The third-order valence-corrected chi connectivity index (χ3v) is 4.56. The van der Waals surface area contributed by atoms with Crippen LogP contribution >= 0.6 is 0 Å². The molecule has 0 amide bonds. The molecule has 1 fully saturated rings. The molecule has 0 aliphatic carbocycles. The highest BCUT2D eigenvalue weighted by Crippen LogP contribution is 2.14. The average molecular weight is 354 g/mol. The molecular weight excluding hydrogens is 324 g/mol. The van der Waals surface area contributed by atoms with Gasteiger partial charge in [-0.15, -0.1) is 0 Å². The van der Waals surface area contributed by atoms with Crippen LogP contribution in [-0.2, 0) is 24.4 Å². The first kappa shape index (κ1) is 18.9. The fourth-order valence-electron chi connectivity index (χ4n) is 3.10. The normalized spacial score (nSPS) is 15.1. The molecule has 0 spiro atoms. The molecule has 2 aromatic carbocycles. The SMILES string of the molecule is CCCOc1cccc(CNCc2ccc(CN3CCOCC3)cc2)c1. The van der Waals surface area contributed by atoms with Crippen molar-refractivity contribution in [3.8, 4) is 5.75 Å². The van der Waals surface area contributed by atoms with Crippen LogP contribution in [0.2, 0.25) is 0 Å². The maximum atomic E-state index is 5.70. The lowest BCUT2D eigenvalue weighted by atomic mass is 10.1. The number of benzene rings is 2. The van der Waals surface area contributed by atoms with Crippen molar-refractivity contribution in [2.24, 2.45) is 0 Å². The van der Waals surface area contributed by atoms with E-state index in [1.807, 2.05) is 6.07 Å². The Morgan fingerprint density at radius 3 is 2.46 bits per heavy atom. The van der Waals surface area contributed by atoms with Crippen molar-refractivity contribution in [1.82, 2.24) is 10.2 Å². The zero-order valence-electron chi connectivity index (χ0n) is 15.7. The van der Waals surface area contributed by atoms with Gasteiger partial charge in [0.05, 0.1) is 19.8 Å². The predicted octanol–water partition coefficient (Wildman–Crippen LogP) is 3.60. The van der Waals surface area contributed by atoms with Crippen LogP contribution in [0.25, 0.3) is 0 Å². The molecule has 0 bridgehead atoms. The Hall–Kier alpha value is -1.88. The van der Waals surface area contributed by atoms with Crippen LogP contribution in [0.3, 0.4) is 0 Å². The second kappa shape index (κ2) is 10.3. The Balaban J connectivity index is 1.43. The highest BCUT2D eigenvalue weighted by atomic mass is 16.5. The van der Waals surface area contributed by atoms with Gasteiger partial charge in [0, 0.05) is 32.7 Å². The second-order valence-electron chi connectivity index (χ2n) is 6.80. The van der Waals surface area contributed by atoms with E-state index in [2.05, 4.69) is 59.6 Å². The van der Waals surface area contributed by atoms with Crippen molar-refractivity contribution >= 4 is 0 Å². The van der Waals surface area contributed by atoms with E-state index in [1.54, 1.807) is 0 Å². The number of nitrogens with zero attached hydrogens (tertiary/aromatic N) is 1. The summed E-state index contributed by atoms with van der Waals surface area (Å²) in [5, 5.41) is 3.52. The highest BCUT2D eigenvalue weighted by Gasteiger charge is 2.10. The van der Waals surface area contributed by atoms with Crippen LogP contribution in [0.15, 0.2) is 48.5 Å². The van der Waals surface area contributed by atoms with E-state index in [9.17, 15) is 0 Å². The fraction of sp³-hybridized carbons (Fsp3) is 0.455. The van der Waals surface area contributed by atoms with E-state index in [-0.39, 0.29) is 0 Å². The quantitative estimate of drug-likeness (QED) is 0.746. The predicted molar refractivity (Wildman–Crippen MR) is 105 cm³/mol. The molecule has 3 rings (SSSR count). The molecule has 140 valence electrons. The summed E-state index contributed by atoms with van der Waals surface area (Å²) in [6.45, 7) is 9.40. The summed E-state index contributed by atoms with van der Waals surface area (Å²) in [6.07, 6.45) is 1.03. The van der Waals surface area contributed by atoms with Gasteiger partial charge in [-0.2, -0.15) is 0 Å². The molecule has 1 heterocycles. The number of nitrogens with one attached hydrogen (secondary N) is 1. The summed E-state index contributed by atoms with van der Waals surface area (Å²) in [6, 6.07) is 17.3. The first-order chi connectivity index (χ1) is 12.8. The number of hydrogen-bond acceptors (Lipinski definition) is 4. The molecule has 26 heavy (non-hydrogen) atoms. The monoisotopic (exact) mass is 354 g/mol. The van der Waals surface area contributed by atoms with Gasteiger partial charge >= 0.3 is 0 Å². The zero-order chi connectivity index (χ0) is 18.0. The van der Waals surface area contributed by atoms with E-state index < -0.39 is 0 Å². The molecule has 0 saturated carbocycles. The molecule has 1 saturated heterocycles. The van der Waals surface area contributed by atoms with E-state index in [1.165, 1.54) is 16.7 Å². The summed E-state index contributed by atoms with van der Waals surface area (Å²) in [5.74, 6) is 0.957. The van der Waals surface area contributed by atoms with E-state index in [0.717, 1.165) is 64.7 Å².